The molecule has 2 N–H and O–H groups in total. The summed E-state index contributed by atoms with van der Waals surface area (Å²) in [5.41, 5.74) is -1.10. The molecule has 1 atom stereocenters. The Bertz CT molecular complexity index is 660. The van der Waals surface area contributed by atoms with Crippen molar-refractivity contribution >= 4 is 16.0 Å². The number of aromatic nitrogens is 1. The fraction of sp³-hybridized carbons (Fsp3) is 0.615. The minimum absolute atomic E-state index is 0.0184. The first-order valence-electron chi connectivity index (χ1n) is 6.72. The largest absolute Gasteiger partial charge is 0.477 e. The van der Waals surface area contributed by atoms with Gasteiger partial charge < -0.3 is 14.8 Å². The Morgan fingerprint density at radius 1 is 1.43 bits per heavy atom. The van der Waals surface area contributed by atoms with Crippen molar-refractivity contribution in [3.63, 3.8) is 0 Å². The van der Waals surface area contributed by atoms with Crippen LogP contribution in [0.15, 0.2) is 17.2 Å². The van der Waals surface area contributed by atoms with Crippen molar-refractivity contribution in [1.82, 2.24) is 8.87 Å². The number of hydrogen-bond acceptors (Lipinski definition) is 4. The number of aromatic carboxylic acids is 1. The van der Waals surface area contributed by atoms with Gasteiger partial charge in [-0.15, -0.1) is 0 Å². The molecule has 1 aromatic rings. The lowest BCUT2D eigenvalue weighted by Gasteiger charge is -2.18. The average Bonchev–Trinajstić information content (AvgIpc) is 2.92. The maximum Gasteiger partial charge on any atom is 0.352 e. The van der Waals surface area contributed by atoms with Gasteiger partial charge in [-0.1, -0.05) is 0 Å². The number of carbonyl (C=O) groups is 1. The van der Waals surface area contributed by atoms with Gasteiger partial charge in [0.2, 0.25) is 10.0 Å². The van der Waals surface area contributed by atoms with Gasteiger partial charge in [-0.25, -0.2) is 13.2 Å². The van der Waals surface area contributed by atoms with E-state index in [1.54, 1.807) is 20.8 Å². The molecule has 2 heterocycles. The van der Waals surface area contributed by atoms with Crippen LogP contribution in [0.4, 0.5) is 0 Å². The summed E-state index contributed by atoms with van der Waals surface area (Å²) in [6.45, 7) is 5.40. The second kappa shape index (κ2) is 5.11. The van der Waals surface area contributed by atoms with E-state index in [0.29, 0.717) is 6.42 Å². The third-order valence-electron chi connectivity index (χ3n) is 3.65. The number of rotatable bonds is 4. The molecule has 1 fully saturated rings. The van der Waals surface area contributed by atoms with Crippen LogP contribution in [0.5, 0.6) is 0 Å². The summed E-state index contributed by atoms with van der Waals surface area (Å²) in [4.78, 5) is 11.2. The zero-order valence-corrected chi connectivity index (χ0v) is 13.1. The van der Waals surface area contributed by atoms with Crippen LogP contribution >= 0.6 is 0 Å². The number of nitrogens with zero attached hydrogens (tertiary/aromatic N) is 2. The van der Waals surface area contributed by atoms with Gasteiger partial charge in [0.15, 0.2) is 0 Å². The van der Waals surface area contributed by atoms with Crippen LogP contribution in [0, 0.1) is 0 Å². The highest BCUT2D eigenvalue weighted by Crippen LogP contribution is 2.28. The summed E-state index contributed by atoms with van der Waals surface area (Å²) in [7, 11) is -3.79. The molecule has 1 aromatic heterocycles. The van der Waals surface area contributed by atoms with Crippen molar-refractivity contribution in [3.8, 4) is 0 Å². The van der Waals surface area contributed by atoms with Crippen molar-refractivity contribution in [2.75, 3.05) is 13.1 Å². The number of β-amino-alcohol motifs (C(OH)–C–C–N with tert-alkyl or cyclic N) is 1. The van der Waals surface area contributed by atoms with Crippen molar-refractivity contribution < 1.29 is 23.4 Å². The Morgan fingerprint density at radius 3 is 2.43 bits per heavy atom. The zero-order valence-electron chi connectivity index (χ0n) is 12.3. The van der Waals surface area contributed by atoms with Gasteiger partial charge in [0, 0.05) is 25.3 Å². The highest BCUT2D eigenvalue weighted by Gasteiger charge is 2.39. The molecule has 0 saturated carbocycles. The molecule has 0 spiro atoms. The number of carboxylic acid groups (broad SMARTS) is 1. The first-order chi connectivity index (χ1) is 9.54. The molecule has 7 nitrogen and oxygen atoms in total. The van der Waals surface area contributed by atoms with Gasteiger partial charge >= 0.3 is 5.97 Å². The zero-order chi connectivity index (χ0) is 16.0. The summed E-state index contributed by atoms with van der Waals surface area (Å²) in [5, 5.41) is 19.1. The SMILES string of the molecule is CC(C)n1cc(S(=O)(=O)N2CCC(C)(O)C2)cc1C(=O)O. The van der Waals surface area contributed by atoms with Gasteiger partial charge in [-0.3, -0.25) is 0 Å². The molecular formula is C13H20N2O5S. The summed E-state index contributed by atoms with van der Waals surface area (Å²) in [6, 6.07) is 1.01. The fourth-order valence-corrected chi connectivity index (χ4v) is 4.04. The van der Waals surface area contributed by atoms with Crippen molar-refractivity contribution in [2.24, 2.45) is 0 Å². The quantitative estimate of drug-likeness (QED) is 0.860. The molecule has 0 radical (unpaired) electrons. The van der Waals surface area contributed by atoms with Gasteiger partial charge in [-0.05, 0) is 33.3 Å². The monoisotopic (exact) mass is 316 g/mol. The van der Waals surface area contributed by atoms with Crippen LogP contribution in [0.2, 0.25) is 0 Å². The predicted octanol–water partition coefficient (Wildman–Crippen LogP) is 0.913. The first kappa shape index (κ1) is 16.0. The van der Waals surface area contributed by atoms with Crippen LogP contribution < -0.4 is 0 Å². The predicted molar refractivity (Wildman–Crippen MR) is 75.8 cm³/mol. The Balaban J connectivity index is 2.42. The molecule has 1 aliphatic rings. The Morgan fingerprint density at radius 2 is 2.05 bits per heavy atom. The van der Waals surface area contributed by atoms with Crippen LogP contribution in [0.25, 0.3) is 0 Å². The van der Waals surface area contributed by atoms with Gasteiger partial charge in [0.25, 0.3) is 0 Å². The minimum Gasteiger partial charge on any atom is -0.477 e. The number of carboxylic acids is 1. The molecule has 1 saturated heterocycles. The summed E-state index contributed by atoms with van der Waals surface area (Å²) in [5.74, 6) is -1.17. The lowest BCUT2D eigenvalue weighted by atomic mass is 10.1. The molecule has 0 aromatic carbocycles. The molecule has 0 aliphatic carbocycles. The van der Waals surface area contributed by atoms with Crippen molar-refractivity contribution in [2.45, 2.75) is 43.7 Å². The molecule has 8 heteroatoms. The number of sulfonamides is 1. The topological polar surface area (TPSA) is 99.8 Å². The van der Waals surface area contributed by atoms with E-state index < -0.39 is 21.6 Å². The second-order valence-electron chi connectivity index (χ2n) is 5.95. The van der Waals surface area contributed by atoms with Gasteiger partial charge in [0.1, 0.15) is 10.6 Å². The lowest BCUT2D eigenvalue weighted by Crippen LogP contribution is -2.33. The highest BCUT2D eigenvalue weighted by molar-refractivity contribution is 7.89. The Kier molecular flexibility index (Phi) is 3.90. The smallest absolute Gasteiger partial charge is 0.352 e. The Labute approximate surface area is 123 Å². The number of aliphatic hydroxyl groups is 1. The van der Waals surface area contributed by atoms with Gasteiger partial charge in [0.05, 0.1) is 5.60 Å². The first-order valence-corrected chi connectivity index (χ1v) is 8.16. The van der Waals surface area contributed by atoms with E-state index in [-0.39, 0.29) is 29.7 Å². The summed E-state index contributed by atoms with van der Waals surface area (Å²) < 4.78 is 27.7. The summed E-state index contributed by atoms with van der Waals surface area (Å²) in [6.07, 6.45) is 1.71. The van der Waals surface area contributed by atoms with Crippen molar-refractivity contribution in [3.05, 3.63) is 18.0 Å². The van der Waals surface area contributed by atoms with Crippen LogP contribution in [-0.4, -0.2) is 52.2 Å². The highest BCUT2D eigenvalue weighted by atomic mass is 32.2. The van der Waals surface area contributed by atoms with Crippen molar-refractivity contribution in [1.29, 1.82) is 0 Å². The van der Waals surface area contributed by atoms with E-state index in [1.165, 1.54) is 21.1 Å². The van der Waals surface area contributed by atoms with Crippen LogP contribution in [-0.2, 0) is 10.0 Å². The van der Waals surface area contributed by atoms with E-state index >= 15 is 0 Å². The maximum atomic E-state index is 12.5. The lowest BCUT2D eigenvalue weighted by molar-refractivity contribution is 0.0682. The molecule has 1 aliphatic heterocycles. The van der Waals surface area contributed by atoms with Crippen LogP contribution in [0.1, 0.15) is 43.7 Å². The number of hydrogen-bond donors (Lipinski definition) is 2. The fourth-order valence-electron chi connectivity index (χ4n) is 2.45. The van der Waals surface area contributed by atoms with E-state index in [0.717, 1.165) is 0 Å². The molecular weight excluding hydrogens is 296 g/mol. The standard InChI is InChI=1S/C13H20N2O5S/c1-9(2)15-7-10(6-11(15)12(16)17)21(19,20)14-5-4-13(3,18)8-14/h6-7,9,18H,4-5,8H2,1-3H3,(H,16,17). The molecule has 2 rings (SSSR count). The van der Waals surface area contributed by atoms with E-state index in [4.69, 9.17) is 0 Å². The minimum atomic E-state index is -3.79. The third kappa shape index (κ3) is 2.97. The normalized spacial score (nSPS) is 23.9. The van der Waals surface area contributed by atoms with E-state index in [2.05, 4.69) is 0 Å². The van der Waals surface area contributed by atoms with E-state index in [1.807, 2.05) is 0 Å². The Hall–Kier alpha value is -1.38. The van der Waals surface area contributed by atoms with Crippen LogP contribution in [0.3, 0.4) is 0 Å². The molecule has 21 heavy (non-hydrogen) atoms. The summed E-state index contributed by atoms with van der Waals surface area (Å²) >= 11 is 0. The van der Waals surface area contributed by atoms with E-state index in [9.17, 15) is 23.4 Å². The second-order valence-corrected chi connectivity index (χ2v) is 7.89. The molecule has 0 amide bonds. The van der Waals surface area contributed by atoms with Gasteiger partial charge in [-0.2, -0.15) is 4.31 Å². The molecule has 0 bridgehead atoms. The third-order valence-corrected chi connectivity index (χ3v) is 5.46. The molecule has 118 valence electrons. The average molecular weight is 316 g/mol. The molecule has 1 unspecified atom stereocenters. The maximum absolute atomic E-state index is 12.5.